The molecule has 0 aliphatic heterocycles. The van der Waals surface area contributed by atoms with Crippen LogP contribution in [0.3, 0.4) is 0 Å². The van der Waals surface area contributed by atoms with E-state index in [9.17, 15) is 4.79 Å². The predicted molar refractivity (Wildman–Crippen MR) is 43.0 cm³/mol. The average Bonchev–Trinajstić information content (AvgIpc) is 2.63. The lowest BCUT2D eigenvalue weighted by Gasteiger charge is -2.21. The number of rotatable bonds is 1. The molecule has 0 aromatic rings. The van der Waals surface area contributed by atoms with Crippen molar-refractivity contribution >= 4 is 6.16 Å². The van der Waals surface area contributed by atoms with Gasteiger partial charge in [-0.2, -0.15) is 0 Å². The highest BCUT2D eigenvalue weighted by Crippen LogP contribution is 2.57. The van der Waals surface area contributed by atoms with Crippen molar-refractivity contribution in [2.75, 3.05) is 0 Å². The molecule has 1 unspecified atom stereocenters. The molecule has 0 amide bonds. The van der Waals surface area contributed by atoms with E-state index in [1.165, 1.54) is 32.1 Å². The molecule has 2 aliphatic carbocycles. The molecule has 2 rings (SSSR count). The Labute approximate surface area is 71.7 Å². The number of carbonyl (C=O) groups is 1. The van der Waals surface area contributed by atoms with E-state index >= 15 is 0 Å². The van der Waals surface area contributed by atoms with Crippen molar-refractivity contribution in [3.05, 3.63) is 0 Å². The third-order valence-electron chi connectivity index (χ3n) is 3.21. The van der Waals surface area contributed by atoms with E-state index in [0.29, 0.717) is 0 Å². The van der Waals surface area contributed by atoms with Crippen LogP contribution in [0.15, 0.2) is 0 Å². The van der Waals surface area contributed by atoms with Crippen LogP contribution in [-0.2, 0) is 4.74 Å². The van der Waals surface area contributed by atoms with Gasteiger partial charge < -0.3 is 9.84 Å². The zero-order valence-electron chi connectivity index (χ0n) is 7.08. The molecule has 0 aromatic carbocycles. The molecular formula is C9H14O3. The van der Waals surface area contributed by atoms with Gasteiger partial charge in [-0.3, -0.25) is 0 Å². The van der Waals surface area contributed by atoms with Gasteiger partial charge in [0.15, 0.2) is 0 Å². The molecular weight excluding hydrogens is 156 g/mol. The zero-order valence-corrected chi connectivity index (χ0v) is 7.08. The van der Waals surface area contributed by atoms with Crippen LogP contribution in [0.5, 0.6) is 0 Å². The van der Waals surface area contributed by atoms with Crippen LogP contribution in [0.1, 0.15) is 38.5 Å². The third kappa shape index (κ3) is 1.28. The first-order valence-corrected chi connectivity index (χ1v) is 4.63. The molecule has 2 fully saturated rings. The molecule has 1 spiro atoms. The molecule has 3 nitrogen and oxygen atoms in total. The van der Waals surface area contributed by atoms with E-state index in [4.69, 9.17) is 9.84 Å². The first-order chi connectivity index (χ1) is 5.73. The molecule has 1 atom stereocenters. The fourth-order valence-corrected chi connectivity index (χ4v) is 2.38. The fourth-order valence-electron chi connectivity index (χ4n) is 2.38. The first-order valence-electron chi connectivity index (χ1n) is 4.63. The molecule has 0 bridgehead atoms. The van der Waals surface area contributed by atoms with Crippen molar-refractivity contribution in [3.8, 4) is 0 Å². The molecule has 0 heterocycles. The van der Waals surface area contributed by atoms with Gasteiger partial charge in [0.05, 0.1) is 0 Å². The Hall–Kier alpha value is -0.730. The van der Waals surface area contributed by atoms with Crippen molar-refractivity contribution in [1.29, 1.82) is 0 Å². The van der Waals surface area contributed by atoms with Crippen LogP contribution >= 0.6 is 0 Å². The van der Waals surface area contributed by atoms with Crippen LogP contribution in [0.25, 0.3) is 0 Å². The number of carboxylic acid groups (broad SMARTS) is 1. The molecule has 1 N–H and O–H groups in total. The Balaban J connectivity index is 1.86. The maximum Gasteiger partial charge on any atom is 0.506 e. The summed E-state index contributed by atoms with van der Waals surface area (Å²) in [5.74, 6) is 0. The average molecular weight is 170 g/mol. The van der Waals surface area contributed by atoms with Crippen molar-refractivity contribution < 1.29 is 14.6 Å². The monoisotopic (exact) mass is 170 g/mol. The summed E-state index contributed by atoms with van der Waals surface area (Å²) in [4.78, 5) is 10.3. The van der Waals surface area contributed by atoms with Gasteiger partial charge in [-0.1, -0.05) is 19.3 Å². The Morgan fingerprint density at radius 1 is 1.33 bits per heavy atom. The molecule has 0 aromatic heterocycles. The maximum atomic E-state index is 10.3. The van der Waals surface area contributed by atoms with Crippen molar-refractivity contribution in [1.82, 2.24) is 0 Å². The predicted octanol–water partition coefficient (Wildman–Crippen LogP) is 2.40. The van der Waals surface area contributed by atoms with Crippen LogP contribution in [-0.4, -0.2) is 17.4 Å². The normalized spacial score (nSPS) is 31.5. The first kappa shape index (κ1) is 7.90. The summed E-state index contributed by atoms with van der Waals surface area (Å²) in [5, 5.41) is 8.42. The minimum absolute atomic E-state index is 0.0234. The molecule has 3 heteroatoms. The second-order valence-electron chi connectivity index (χ2n) is 4.00. The summed E-state index contributed by atoms with van der Waals surface area (Å²) in [6.45, 7) is 0. The Morgan fingerprint density at radius 3 is 2.58 bits per heavy atom. The topological polar surface area (TPSA) is 46.5 Å². The highest BCUT2D eigenvalue weighted by atomic mass is 16.7. The highest BCUT2D eigenvalue weighted by Gasteiger charge is 2.56. The molecule has 0 saturated heterocycles. The maximum absolute atomic E-state index is 10.3. The second-order valence-corrected chi connectivity index (χ2v) is 4.00. The summed E-state index contributed by atoms with van der Waals surface area (Å²) in [6, 6.07) is 0. The fraction of sp³-hybridized carbons (Fsp3) is 0.889. The lowest BCUT2D eigenvalue weighted by atomic mass is 9.86. The second kappa shape index (κ2) is 2.64. The lowest BCUT2D eigenvalue weighted by Crippen LogP contribution is -2.15. The van der Waals surface area contributed by atoms with Gasteiger partial charge in [0, 0.05) is 5.41 Å². The van der Waals surface area contributed by atoms with E-state index in [-0.39, 0.29) is 11.5 Å². The van der Waals surface area contributed by atoms with Gasteiger partial charge in [0.2, 0.25) is 0 Å². The standard InChI is InChI=1S/C9H14O3/c10-8(11)12-7-6-9(7)4-2-1-3-5-9/h7H,1-6H2,(H,10,11). The van der Waals surface area contributed by atoms with Gasteiger partial charge in [-0.15, -0.1) is 0 Å². The molecule has 2 aliphatic rings. The molecule has 2 saturated carbocycles. The summed E-state index contributed by atoms with van der Waals surface area (Å²) >= 11 is 0. The van der Waals surface area contributed by atoms with Crippen molar-refractivity contribution in [2.24, 2.45) is 5.41 Å². The van der Waals surface area contributed by atoms with Crippen LogP contribution in [0, 0.1) is 5.41 Å². The molecule has 12 heavy (non-hydrogen) atoms. The Bertz CT molecular complexity index is 194. The van der Waals surface area contributed by atoms with Gasteiger partial charge in [0.1, 0.15) is 6.10 Å². The number of hydrogen-bond acceptors (Lipinski definition) is 2. The van der Waals surface area contributed by atoms with E-state index in [2.05, 4.69) is 0 Å². The van der Waals surface area contributed by atoms with Crippen LogP contribution < -0.4 is 0 Å². The summed E-state index contributed by atoms with van der Waals surface area (Å²) in [6.07, 6.45) is 6.04. The van der Waals surface area contributed by atoms with E-state index < -0.39 is 6.16 Å². The summed E-state index contributed by atoms with van der Waals surface area (Å²) < 4.78 is 4.77. The van der Waals surface area contributed by atoms with Crippen molar-refractivity contribution in [3.63, 3.8) is 0 Å². The van der Waals surface area contributed by atoms with Gasteiger partial charge in [-0.25, -0.2) is 4.79 Å². The molecule has 68 valence electrons. The van der Waals surface area contributed by atoms with E-state index in [1.54, 1.807) is 0 Å². The smallest absolute Gasteiger partial charge is 0.450 e. The Morgan fingerprint density at radius 2 is 2.00 bits per heavy atom. The van der Waals surface area contributed by atoms with Crippen molar-refractivity contribution in [2.45, 2.75) is 44.6 Å². The molecule has 0 radical (unpaired) electrons. The van der Waals surface area contributed by atoms with Gasteiger partial charge in [0.25, 0.3) is 0 Å². The lowest BCUT2D eigenvalue weighted by molar-refractivity contribution is 0.0661. The van der Waals surface area contributed by atoms with E-state index in [1.807, 2.05) is 0 Å². The summed E-state index contributed by atoms with van der Waals surface area (Å²) in [7, 11) is 0. The van der Waals surface area contributed by atoms with E-state index in [0.717, 1.165) is 6.42 Å². The highest BCUT2D eigenvalue weighted by molar-refractivity contribution is 5.57. The summed E-state index contributed by atoms with van der Waals surface area (Å²) in [5.41, 5.74) is 0.274. The SMILES string of the molecule is O=C(O)OC1CC12CCCCC2. The van der Waals surface area contributed by atoms with Gasteiger partial charge >= 0.3 is 6.16 Å². The largest absolute Gasteiger partial charge is 0.506 e. The Kier molecular flexibility index (Phi) is 1.74. The number of ether oxygens (including phenoxy) is 1. The minimum atomic E-state index is -1.11. The zero-order chi connectivity index (χ0) is 8.60. The quantitative estimate of drug-likeness (QED) is 0.614. The van der Waals surface area contributed by atoms with Gasteiger partial charge in [-0.05, 0) is 19.3 Å². The number of hydrogen-bond donors (Lipinski definition) is 1. The minimum Gasteiger partial charge on any atom is -0.450 e. The van der Waals surface area contributed by atoms with Crippen LogP contribution in [0.4, 0.5) is 4.79 Å². The third-order valence-corrected chi connectivity index (χ3v) is 3.21. The van der Waals surface area contributed by atoms with Crippen LogP contribution in [0.2, 0.25) is 0 Å².